The number of ether oxygens (including phenoxy) is 4. The van der Waals surface area contributed by atoms with Crippen LogP contribution in [0.3, 0.4) is 0 Å². The summed E-state index contributed by atoms with van der Waals surface area (Å²) >= 11 is 2.12. The van der Waals surface area contributed by atoms with Crippen molar-refractivity contribution in [3.8, 4) is 23.0 Å². The molecule has 0 unspecified atom stereocenters. The molecule has 2 aromatic rings. The summed E-state index contributed by atoms with van der Waals surface area (Å²) in [6, 6.07) is 8.37. The molecule has 0 radical (unpaired) electrons. The van der Waals surface area contributed by atoms with Crippen LogP contribution in [-0.4, -0.2) is 45.6 Å². The van der Waals surface area contributed by atoms with E-state index < -0.39 is 11.8 Å². The van der Waals surface area contributed by atoms with Gasteiger partial charge in [0.15, 0.2) is 23.0 Å². The number of hydrogen-bond acceptors (Lipinski definition) is 7. The number of nitrogens with one attached hydrogen (secondary N) is 2. The Morgan fingerprint density at radius 1 is 1.17 bits per heavy atom. The molecule has 29 heavy (non-hydrogen) atoms. The molecule has 0 atom stereocenters. The van der Waals surface area contributed by atoms with Crippen molar-refractivity contribution in [2.75, 3.05) is 27.6 Å². The Bertz CT molecular complexity index is 963. The van der Waals surface area contributed by atoms with Gasteiger partial charge in [-0.05, 0) is 58.5 Å². The summed E-state index contributed by atoms with van der Waals surface area (Å²) in [7, 11) is 3.10. The summed E-state index contributed by atoms with van der Waals surface area (Å²) in [6.07, 6.45) is 1.47. The van der Waals surface area contributed by atoms with E-state index >= 15 is 0 Å². The first kappa shape index (κ1) is 20.7. The first-order valence-electron chi connectivity index (χ1n) is 8.43. The second kappa shape index (κ2) is 9.45. The topological polar surface area (TPSA) is 107 Å². The number of amides is 2. The lowest BCUT2D eigenvalue weighted by molar-refractivity contribution is -0.120. The predicted molar refractivity (Wildman–Crippen MR) is 113 cm³/mol. The standard InChI is InChI=1S/C19H18IN3O6/c1-26-16-6-11(5-13(20)18(16)27-2)8-22-23-17(24)9-21-19(25)12-3-4-14-15(7-12)29-10-28-14/h3-8H,9-10H2,1-2H3,(H,21,25)(H,23,24). The molecule has 0 aromatic heterocycles. The van der Waals surface area contributed by atoms with Gasteiger partial charge in [-0.15, -0.1) is 0 Å². The highest BCUT2D eigenvalue weighted by atomic mass is 127. The zero-order valence-electron chi connectivity index (χ0n) is 15.7. The van der Waals surface area contributed by atoms with Crippen molar-refractivity contribution < 1.29 is 28.5 Å². The molecule has 2 aromatic carbocycles. The minimum absolute atomic E-state index is 0.125. The van der Waals surface area contributed by atoms with E-state index in [2.05, 4.69) is 38.4 Å². The van der Waals surface area contributed by atoms with Gasteiger partial charge in [-0.3, -0.25) is 9.59 Å². The highest BCUT2D eigenvalue weighted by molar-refractivity contribution is 14.1. The van der Waals surface area contributed by atoms with Crippen LogP contribution in [-0.2, 0) is 4.79 Å². The lowest BCUT2D eigenvalue weighted by Crippen LogP contribution is -2.34. The van der Waals surface area contributed by atoms with Gasteiger partial charge in [0.25, 0.3) is 11.8 Å². The maximum atomic E-state index is 12.2. The number of hydrazone groups is 1. The Kier molecular flexibility index (Phi) is 6.75. The van der Waals surface area contributed by atoms with E-state index in [4.69, 9.17) is 18.9 Å². The monoisotopic (exact) mass is 511 g/mol. The van der Waals surface area contributed by atoms with Crippen molar-refractivity contribution in [2.45, 2.75) is 0 Å². The molecule has 3 rings (SSSR count). The summed E-state index contributed by atoms with van der Waals surface area (Å²) in [5, 5.41) is 6.42. The van der Waals surface area contributed by atoms with Crippen LogP contribution in [0.1, 0.15) is 15.9 Å². The molecule has 0 saturated carbocycles. The van der Waals surface area contributed by atoms with Crippen molar-refractivity contribution in [2.24, 2.45) is 5.10 Å². The van der Waals surface area contributed by atoms with E-state index in [0.29, 0.717) is 28.6 Å². The molecule has 0 bridgehead atoms. The van der Waals surface area contributed by atoms with Crippen LogP contribution in [0.4, 0.5) is 0 Å². The fourth-order valence-electron chi connectivity index (χ4n) is 2.53. The molecule has 152 valence electrons. The van der Waals surface area contributed by atoms with Crippen LogP contribution >= 0.6 is 22.6 Å². The molecule has 1 heterocycles. The van der Waals surface area contributed by atoms with Crippen LogP contribution < -0.4 is 29.7 Å². The minimum Gasteiger partial charge on any atom is -0.493 e. The van der Waals surface area contributed by atoms with E-state index in [1.54, 1.807) is 38.5 Å². The minimum atomic E-state index is -0.467. The number of carbonyl (C=O) groups is 2. The van der Waals surface area contributed by atoms with Crippen molar-refractivity contribution in [3.63, 3.8) is 0 Å². The summed E-state index contributed by atoms with van der Waals surface area (Å²) < 4.78 is 21.8. The van der Waals surface area contributed by atoms with Gasteiger partial charge in [0, 0.05) is 5.56 Å². The normalized spacial score (nSPS) is 12.0. The number of halogens is 1. The molecule has 0 fully saturated rings. The molecule has 0 aliphatic carbocycles. The third-order valence-electron chi connectivity index (χ3n) is 3.90. The molecule has 0 saturated heterocycles. The van der Waals surface area contributed by atoms with Crippen molar-refractivity contribution in [1.29, 1.82) is 0 Å². The maximum absolute atomic E-state index is 12.2. The average Bonchev–Trinajstić information content (AvgIpc) is 3.19. The number of benzene rings is 2. The highest BCUT2D eigenvalue weighted by Gasteiger charge is 2.16. The summed E-state index contributed by atoms with van der Waals surface area (Å²) in [6.45, 7) is -0.103. The lowest BCUT2D eigenvalue weighted by Gasteiger charge is -2.10. The van der Waals surface area contributed by atoms with E-state index in [1.165, 1.54) is 6.21 Å². The first-order chi connectivity index (χ1) is 14.0. The second-order valence-electron chi connectivity index (χ2n) is 5.78. The van der Waals surface area contributed by atoms with Crippen molar-refractivity contribution in [3.05, 3.63) is 45.0 Å². The SMILES string of the molecule is COc1cc(C=NNC(=O)CNC(=O)c2ccc3c(c2)OCO3)cc(I)c1OC. The molecule has 9 nitrogen and oxygen atoms in total. The number of hydrogen-bond donors (Lipinski definition) is 2. The Balaban J connectivity index is 1.52. The average molecular weight is 511 g/mol. The first-order valence-corrected chi connectivity index (χ1v) is 9.51. The molecular weight excluding hydrogens is 493 g/mol. The van der Waals surface area contributed by atoms with Crippen LogP contribution in [0.2, 0.25) is 0 Å². The molecule has 10 heteroatoms. The molecule has 1 aliphatic rings. The molecule has 2 N–H and O–H groups in total. The van der Waals surface area contributed by atoms with E-state index in [9.17, 15) is 9.59 Å². The van der Waals surface area contributed by atoms with Gasteiger partial charge in [0.2, 0.25) is 6.79 Å². The Morgan fingerprint density at radius 2 is 1.97 bits per heavy atom. The van der Waals surface area contributed by atoms with E-state index in [-0.39, 0.29) is 13.3 Å². The van der Waals surface area contributed by atoms with Gasteiger partial charge in [0.05, 0.1) is 30.5 Å². The number of fused-ring (bicyclic) bond motifs is 1. The lowest BCUT2D eigenvalue weighted by atomic mass is 10.2. The number of methoxy groups -OCH3 is 2. The van der Waals surface area contributed by atoms with Gasteiger partial charge in [-0.1, -0.05) is 0 Å². The van der Waals surface area contributed by atoms with E-state index in [1.807, 2.05) is 6.07 Å². The maximum Gasteiger partial charge on any atom is 0.259 e. The third-order valence-corrected chi connectivity index (χ3v) is 4.70. The number of rotatable bonds is 7. The van der Waals surface area contributed by atoms with Gasteiger partial charge in [-0.25, -0.2) is 5.43 Å². The van der Waals surface area contributed by atoms with Gasteiger partial charge in [-0.2, -0.15) is 5.10 Å². The largest absolute Gasteiger partial charge is 0.493 e. The number of carbonyl (C=O) groups excluding carboxylic acids is 2. The van der Waals surface area contributed by atoms with E-state index in [0.717, 1.165) is 9.13 Å². The summed E-state index contributed by atoms with van der Waals surface area (Å²) in [5.74, 6) is 1.39. The van der Waals surface area contributed by atoms with Crippen LogP contribution in [0.25, 0.3) is 0 Å². The fraction of sp³-hybridized carbons (Fsp3) is 0.211. The predicted octanol–water partition coefficient (Wildman–Crippen LogP) is 1.92. The number of nitrogens with zero attached hydrogens (tertiary/aromatic N) is 1. The molecule has 2 amide bonds. The fourth-order valence-corrected chi connectivity index (χ4v) is 3.38. The van der Waals surface area contributed by atoms with Gasteiger partial charge in [0.1, 0.15) is 0 Å². The Hall–Kier alpha value is -3.02. The Labute approximate surface area is 180 Å². The zero-order chi connectivity index (χ0) is 20.8. The van der Waals surface area contributed by atoms with Crippen LogP contribution in [0.15, 0.2) is 35.4 Å². The molecular formula is C19H18IN3O6. The van der Waals surface area contributed by atoms with Crippen molar-refractivity contribution >= 4 is 40.6 Å². The smallest absolute Gasteiger partial charge is 0.259 e. The van der Waals surface area contributed by atoms with Gasteiger partial charge >= 0.3 is 0 Å². The third kappa shape index (κ3) is 5.08. The summed E-state index contributed by atoms with van der Waals surface area (Å²) in [5.41, 5.74) is 3.45. The van der Waals surface area contributed by atoms with Crippen LogP contribution in [0, 0.1) is 3.57 Å². The second-order valence-corrected chi connectivity index (χ2v) is 6.94. The quantitative estimate of drug-likeness (QED) is 0.334. The Morgan fingerprint density at radius 3 is 2.72 bits per heavy atom. The molecule has 1 aliphatic heterocycles. The summed E-state index contributed by atoms with van der Waals surface area (Å²) in [4.78, 5) is 24.1. The molecule has 0 spiro atoms. The highest BCUT2D eigenvalue weighted by Crippen LogP contribution is 2.33. The van der Waals surface area contributed by atoms with Crippen molar-refractivity contribution in [1.82, 2.24) is 10.7 Å². The van der Waals surface area contributed by atoms with Gasteiger partial charge < -0.3 is 24.3 Å². The zero-order valence-corrected chi connectivity index (χ0v) is 17.8. The van der Waals surface area contributed by atoms with Crippen LogP contribution in [0.5, 0.6) is 23.0 Å².